The van der Waals surface area contributed by atoms with Crippen LogP contribution < -0.4 is 10.5 Å². The fourth-order valence-electron chi connectivity index (χ4n) is 2.29. The minimum Gasteiger partial charge on any atom is -0.490 e. The van der Waals surface area contributed by atoms with E-state index in [1.54, 1.807) is 6.07 Å². The van der Waals surface area contributed by atoms with E-state index in [1.165, 1.54) is 12.1 Å². The molecule has 1 aliphatic carbocycles. The first kappa shape index (κ1) is 13.1. The molecule has 1 unspecified atom stereocenters. The Morgan fingerprint density at radius 1 is 1.20 bits per heavy atom. The average Bonchev–Trinajstić information content (AvgIpc) is 3.22. The van der Waals surface area contributed by atoms with Crippen LogP contribution in [0.5, 0.6) is 5.75 Å². The van der Waals surface area contributed by atoms with Gasteiger partial charge in [-0.1, -0.05) is 18.2 Å². The predicted molar refractivity (Wildman–Crippen MR) is 78.1 cm³/mol. The van der Waals surface area contributed by atoms with Gasteiger partial charge in [-0.25, -0.2) is 4.39 Å². The Labute approximate surface area is 118 Å². The molecule has 3 rings (SSSR count). The molecule has 2 aromatic rings. The van der Waals surface area contributed by atoms with Crippen LogP contribution in [0.15, 0.2) is 42.5 Å². The maximum Gasteiger partial charge on any atom is 0.123 e. The molecule has 0 radical (unpaired) electrons. The molecular formula is C17H18FNO. The summed E-state index contributed by atoms with van der Waals surface area (Å²) < 4.78 is 19.3. The normalized spacial score (nSPS) is 15.9. The highest BCUT2D eigenvalue weighted by atomic mass is 19.1. The summed E-state index contributed by atoms with van der Waals surface area (Å²) in [5.41, 5.74) is 8.69. The molecule has 0 aromatic heterocycles. The van der Waals surface area contributed by atoms with Gasteiger partial charge in [0, 0.05) is 6.04 Å². The van der Waals surface area contributed by atoms with Crippen LogP contribution in [0.2, 0.25) is 0 Å². The van der Waals surface area contributed by atoms with E-state index >= 15 is 0 Å². The summed E-state index contributed by atoms with van der Waals surface area (Å²) in [5.74, 6) is 0.586. The lowest BCUT2D eigenvalue weighted by molar-refractivity contribution is 0.303. The second-order valence-electron chi connectivity index (χ2n) is 5.37. The summed E-state index contributed by atoms with van der Waals surface area (Å²) in [6, 6.07) is 12.4. The minimum atomic E-state index is -0.252. The quantitative estimate of drug-likeness (QED) is 0.910. The Morgan fingerprint density at radius 3 is 2.70 bits per heavy atom. The van der Waals surface area contributed by atoms with Gasteiger partial charge in [0.25, 0.3) is 0 Å². The summed E-state index contributed by atoms with van der Waals surface area (Å²) in [6.07, 6.45) is 2.59. The number of hydrogen-bond donors (Lipinski definition) is 1. The molecule has 20 heavy (non-hydrogen) atoms. The van der Waals surface area contributed by atoms with Gasteiger partial charge in [0.2, 0.25) is 0 Å². The van der Waals surface area contributed by atoms with Crippen molar-refractivity contribution in [3.05, 3.63) is 53.8 Å². The molecule has 0 bridgehead atoms. The van der Waals surface area contributed by atoms with Gasteiger partial charge in [-0.05, 0) is 60.7 Å². The van der Waals surface area contributed by atoms with E-state index in [1.807, 2.05) is 31.2 Å². The van der Waals surface area contributed by atoms with Gasteiger partial charge >= 0.3 is 0 Å². The monoisotopic (exact) mass is 271 g/mol. The Bertz CT molecular complexity index is 620. The minimum absolute atomic E-state index is 0.140. The zero-order chi connectivity index (χ0) is 14.1. The fraction of sp³-hybridized carbons (Fsp3) is 0.294. The van der Waals surface area contributed by atoms with Crippen molar-refractivity contribution in [1.29, 1.82) is 0 Å². The molecule has 2 aromatic carbocycles. The Kier molecular flexibility index (Phi) is 3.45. The highest BCUT2D eigenvalue weighted by molar-refractivity contribution is 5.69. The van der Waals surface area contributed by atoms with E-state index in [-0.39, 0.29) is 11.9 Å². The van der Waals surface area contributed by atoms with Crippen molar-refractivity contribution in [1.82, 2.24) is 0 Å². The van der Waals surface area contributed by atoms with E-state index in [0.29, 0.717) is 6.10 Å². The van der Waals surface area contributed by atoms with E-state index in [2.05, 4.69) is 0 Å². The fourth-order valence-corrected chi connectivity index (χ4v) is 2.29. The maximum atomic E-state index is 13.5. The molecule has 0 heterocycles. The van der Waals surface area contributed by atoms with Crippen LogP contribution in [-0.4, -0.2) is 6.10 Å². The van der Waals surface area contributed by atoms with Crippen molar-refractivity contribution in [2.24, 2.45) is 5.73 Å². The smallest absolute Gasteiger partial charge is 0.123 e. The number of ether oxygens (including phenoxy) is 1. The number of rotatable bonds is 4. The van der Waals surface area contributed by atoms with Gasteiger partial charge in [0.05, 0.1) is 6.10 Å². The van der Waals surface area contributed by atoms with Crippen LogP contribution in [0.3, 0.4) is 0 Å². The molecule has 2 N–H and O–H groups in total. The van der Waals surface area contributed by atoms with Gasteiger partial charge in [-0.3, -0.25) is 0 Å². The van der Waals surface area contributed by atoms with E-state index in [4.69, 9.17) is 10.5 Å². The van der Waals surface area contributed by atoms with Crippen molar-refractivity contribution in [2.45, 2.75) is 31.9 Å². The lowest BCUT2D eigenvalue weighted by Crippen LogP contribution is -2.07. The molecule has 1 atom stereocenters. The molecule has 0 spiro atoms. The standard InChI is InChI=1S/C17H18FNO/c1-11(19)16-8-5-13(18)10-17(16)12-3-2-4-15(9-12)20-14-6-7-14/h2-5,8-11,14H,6-7,19H2,1H3. The third kappa shape index (κ3) is 2.83. The van der Waals surface area contributed by atoms with Crippen LogP contribution in [0.4, 0.5) is 4.39 Å². The maximum absolute atomic E-state index is 13.5. The molecule has 0 saturated heterocycles. The van der Waals surface area contributed by atoms with Crippen LogP contribution in [-0.2, 0) is 0 Å². The molecule has 1 aliphatic rings. The first-order chi connectivity index (χ1) is 9.63. The van der Waals surface area contributed by atoms with Crippen molar-refractivity contribution in [3.8, 4) is 16.9 Å². The summed E-state index contributed by atoms with van der Waals surface area (Å²) in [7, 11) is 0. The van der Waals surface area contributed by atoms with Crippen LogP contribution in [0.25, 0.3) is 11.1 Å². The first-order valence-electron chi connectivity index (χ1n) is 6.95. The van der Waals surface area contributed by atoms with Crippen LogP contribution in [0.1, 0.15) is 31.4 Å². The first-order valence-corrected chi connectivity index (χ1v) is 6.95. The summed E-state index contributed by atoms with van der Waals surface area (Å²) in [4.78, 5) is 0. The molecule has 0 aliphatic heterocycles. The lowest BCUT2D eigenvalue weighted by atomic mass is 9.95. The number of benzene rings is 2. The van der Waals surface area contributed by atoms with Crippen LogP contribution >= 0.6 is 0 Å². The Morgan fingerprint density at radius 2 is 2.00 bits per heavy atom. The van der Waals surface area contributed by atoms with Gasteiger partial charge in [0.1, 0.15) is 11.6 Å². The topological polar surface area (TPSA) is 35.2 Å². The van der Waals surface area contributed by atoms with Gasteiger partial charge in [-0.2, -0.15) is 0 Å². The van der Waals surface area contributed by atoms with Crippen molar-refractivity contribution in [2.75, 3.05) is 0 Å². The SMILES string of the molecule is CC(N)c1ccc(F)cc1-c1cccc(OC2CC2)c1. The van der Waals surface area contributed by atoms with E-state index in [0.717, 1.165) is 35.3 Å². The van der Waals surface area contributed by atoms with E-state index in [9.17, 15) is 4.39 Å². The van der Waals surface area contributed by atoms with Crippen molar-refractivity contribution < 1.29 is 9.13 Å². The van der Waals surface area contributed by atoms with Crippen molar-refractivity contribution in [3.63, 3.8) is 0 Å². The second kappa shape index (κ2) is 5.25. The molecule has 1 saturated carbocycles. The highest BCUT2D eigenvalue weighted by Crippen LogP contribution is 2.32. The van der Waals surface area contributed by atoms with Gasteiger partial charge in [-0.15, -0.1) is 0 Å². The van der Waals surface area contributed by atoms with E-state index < -0.39 is 0 Å². The molecular weight excluding hydrogens is 253 g/mol. The average molecular weight is 271 g/mol. The Balaban J connectivity index is 2.00. The molecule has 1 fully saturated rings. The summed E-state index contributed by atoms with van der Waals surface area (Å²) in [5, 5.41) is 0. The van der Waals surface area contributed by atoms with Crippen LogP contribution in [0, 0.1) is 5.82 Å². The zero-order valence-electron chi connectivity index (χ0n) is 11.5. The molecule has 3 heteroatoms. The van der Waals surface area contributed by atoms with Gasteiger partial charge < -0.3 is 10.5 Å². The molecule has 2 nitrogen and oxygen atoms in total. The summed E-state index contributed by atoms with van der Waals surface area (Å²) >= 11 is 0. The van der Waals surface area contributed by atoms with Gasteiger partial charge in [0.15, 0.2) is 0 Å². The number of hydrogen-bond acceptors (Lipinski definition) is 2. The lowest BCUT2D eigenvalue weighted by Gasteiger charge is -2.14. The number of nitrogens with two attached hydrogens (primary N) is 1. The molecule has 104 valence electrons. The summed E-state index contributed by atoms with van der Waals surface area (Å²) in [6.45, 7) is 1.90. The Hall–Kier alpha value is -1.87. The third-order valence-electron chi connectivity index (χ3n) is 3.48. The highest BCUT2D eigenvalue weighted by Gasteiger charge is 2.23. The third-order valence-corrected chi connectivity index (χ3v) is 3.48. The number of halogens is 1. The largest absolute Gasteiger partial charge is 0.490 e. The zero-order valence-corrected chi connectivity index (χ0v) is 11.5. The second-order valence-corrected chi connectivity index (χ2v) is 5.37. The predicted octanol–water partition coefficient (Wildman–Crippen LogP) is 4.05. The van der Waals surface area contributed by atoms with Crippen molar-refractivity contribution >= 4 is 0 Å². The molecule has 0 amide bonds.